The monoisotopic (exact) mass is 553 g/mol. The van der Waals surface area contributed by atoms with Crippen LogP contribution in [0.5, 0.6) is 0 Å². The van der Waals surface area contributed by atoms with E-state index in [4.69, 9.17) is 5.26 Å². The highest BCUT2D eigenvalue weighted by atomic mass is 32.2. The molecule has 4 aromatic rings. The van der Waals surface area contributed by atoms with E-state index in [1.54, 1.807) is 41.9 Å². The highest BCUT2D eigenvalue weighted by Crippen LogP contribution is 2.16. The third-order valence-electron chi connectivity index (χ3n) is 5.83. The summed E-state index contributed by atoms with van der Waals surface area (Å²) in [6.45, 7) is 1.94. The van der Waals surface area contributed by atoms with Crippen molar-refractivity contribution in [1.82, 2.24) is 9.97 Å². The minimum atomic E-state index is 0.124. The van der Waals surface area contributed by atoms with Gasteiger partial charge in [0.25, 0.3) is 0 Å². The number of benzene rings is 2. The largest absolute Gasteiger partial charge is 0.299 e. The maximum atomic E-state index is 12.0. The Morgan fingerprint density at radius 3 is 1.62 bits per heavy atom. The summed E-state index contributed by atoms with van der Waals surface area (Å²) in [5.41, 5.74) is 5.26. The van der Waals surface area contributed by atoms with Crippen molar-refractivity contribution in [2.45, 2.75) is 42.4 Å². The Bertz CT molecular complexity index is 1390. The number of aromatic nitrogens is 2. The summed E-state index contributed by atoms with van der Waals surface area (Å²) in [6, 6.07) is 25.5. The van der Waals surface area contributed by atoms with Gasteiger partial charge in [-0.2, -0.15) is 5.26 Å². The van der Waals surface area contributed by atoms with Gasteiger partial charge in [0.15, 0.2) is 0 Å². The lowest BCUT2D eigenvalue weighted by atomic mass is 10.0. The van der Waals surface area contributed by atoms with E-state index in [0.717, 1.165) is 22.4 Å². The Morgan fingerprint density at radius 2 is 1.18 bits per heavy atom. The number of hydrogen-bond acceptors (Lipinski definition) is 7. The molecule has 198 valence electrons. The number of nitrogens with zero attached hydrogens (tertiary/aromatic N) is 3. The highest BCUT2D eigenvalue weighted by molar-refractivity contribution is 7.98. The van der Waals surface area contributed by atoms with Gasteiger partial charge in [-0.3, -0.25) is 19.6 Å². The average Bonchev–Trinajstić information content (AvgIpc) is 2.96. The van der Waals surface area contributed by atoms with E-state index in [1.165, 1.54) is 16.0 Å². The van der Waals surface area contributed by atoms with Gasteiger partial charge in [-0.05, 0) is 78.6 Å². The Morgan fingerprint density at radius 1 is 0.667 bits per heavy atom. The zero-order valence-electron chi connectivity index (χ0n) is 22.4. The number of nitriles is 1. The molecule has 0 saturated carbocycles. The van der Waals surface area contributed by atoms with Gasteiger partial charge in [-0.1, -0.05) is 30.3 Å². The molecule has 0 atom stereocenters. The first-order valence-corrected chi connectivity index (χ1v) is 14.9. The van der Waals surface area contributed by atoms with Crippen LogP contribution >= 0.6 is 23.5 Å². The molecule has 0 N–H and O–H groups in total. The number of thioether (sulfide) groups is 2. The van der Waals surface area contributed by atoms with Gasteiger partial charge < -0.3 is 0 Å². The van der Waals surface area contributed by atoms with Gasteiger partial charge >= 0.3 is 0 Å². The van der Waals surface area contributed by atoms with Crippen molar-refractivity contribution in [2.24, 2.45) is 0 Å². The van der Waals surface area contributed by atoms with Crippen LogP contribution in [0.3, 0.4) is 0 Å². The summed E-state index contributed by atoms with van der Waals surface area (Å²) >= 11 is 3.39. The molecule has 5 nitrogen and oxygen atoms in total. The summed E-state index contributed by atoms with van der Waals surface area (Å²) in [6.07, 6.45) is 9.01. The fraction of sp³-hybridized carbons (Fsp3) is 0.219. The van der Waals surface area contributed by atoms with Crippen molar-refractivity contribution >= 4 is 35.1 Å². The smallest absolute Gasteiger partial charge is 0.143 e. The van der Waals surface area contributed by atoms with E-state index in [2.05, 4.69) is 22.1 Å². The summed E-state index contributed by atoms with van der Waals surface area (Å²) in [5.74, 6) is 0.349. The van der Waals surface area contributed by atoms with Crippen LogP contribution in [-0.2, 0) is 35.3 Å². The fourth-order valence-corrected chi connectivity index (χ4v) is 4.51. The minimum Gasteiger partial charge on any atom is -0.299 e. The van der Waals surface area contributed by atoms with Crippen LogP contribution in [0.1, 0.15) is 33.6 Å². The molecule has 4 rings (SSSR count). The molecule has 0 fully saturated rings. The number of rotatable bonds is 10. The van der Waals surface area contributed by atoms with E-state index in [9.17, 15) is 9.59 Å². The Balaban J connectivity index is 0.000000216. The molecule has 0 aliphatic heterocycles. The van der Waals surface area contributed by atoms with Crippen LogP contribution in [-0.4, -0.2) is 34.0 Å². The topological polar surface area (TPSA) is 83.7 Å². The number of pyridine rings is 2. The summed E-state index contributed by atoms with van der Waals surface area (Å²) in [7, 11) is 0. The summed E-state index contributed by atoms with van der Waals surface area (Å²) in [4.78, 5) is 34.7. The minimum absolute atomic E-state index is 0.124. The molecule has 2 heterocycles. The molecule has 0 saturated heterocycles. The third kappa shape index (κ3) is 10.5. The SMILES string of the molecule is CSc1ccc(CC(=O)Cc2ccc(C#N)cn2)cc1.CSc1ccc(CC(=O)Cc2ccc(C)nc2)cc1. The van der Waals surface area contributed by atoms with Gasteiger partial charge in [-0.15, -0.1) is 23.5 Å². The van der Waals surface area contributed by atoms with Gasteiger partial charge in [0.2, 0.25) is 0 Å². The number of ketones is 2. The average molecular weight is 554 g/mol. The summed E-state index contributed by atoms with van der Waals surface area (Å²) in [5, 5.41) is 8.69. The van der Waals surface area contributed by atoms with Crippen LogP contribution in [0, 0.1) is 18.3 Å². The van der Waals surface area contributed by atoms with E-state index >= 15 is 0 Å². The number of carbonyl (C=O) groups is 2. The lowest BCUT2D eigenvalue weighted by Crippen LogP contribution is -2.07. The van der Waals surface area contributed by atoms with Gasteiger partial charge in [0.1, 0.15) is 17.6 Å². The summed E-state index contributed by atoms with van der Waals surface area (Å²) < 4.78 is 0. The number of hydrogen-bond donors (Lipinski definition) is 0. The molecule has 0 unspecified atom stereocenters. The zero-order valence-corrected chi connectivity index (χ0v) is 24.0. The highest BCUT2D eigenvalue weighted by Gasteiger charge is 2.07. The van der Waals surface area contributed by atoms with E-state index in [-0.39, 0.29) is 11.6 Å². The van der Waals surface area contributed by atoms with Gasteiger partial charge in [0.05, 0.1) is 5.56 Å². The fourth-order valence-electron chi connectivity index (χ4n) is 3.70. The molecule has 0 amide bonds. The van der Waals surface area contributed by atoms with Crippen molar-refractivity contribution in [3.8, 4) is 6.07 Å². The molecule has 39 heavy (non-hydrogen) atoms. The van der Waals surface area contributed by atoms with Gasteiger partial charge in [-0.25, -0.2) is 0 Å². The zero-order chi connectivity index (χ0) is 28.0. The third-order valence-corrected chi connectivity index (χ3v) is 7.31. The Labute approximate surface area is 239 Å². The second-order valence-electron chi connectivity index (χ2n) is 8.94. The lowest BCUT2D eigenvalue weighted by Gasteiger charge is -2.03. The lowest BCUT2D eigenvalue weighted by molar-refractivity contribution is -0.118. The van der Waals surface area contributed by atoms with Crippen LogP contribution in [0.4, 0.5) is 0 Å². The Hall–Kier alpha value is -3.73. The molecule has 0 aliphatic carbocycles. The Kier molecular flexibility index (Phi) is 11.9. The molecular weight excluding hydrogens is 523 g/mol. The van der Waals surface area contributed by atoms with E-state index in [0.29, 0.717) is 36.9 Å². The first-order chi connectivity index (χ1) is 18.9. The maximum absolute atomic E-state index is 12.0. The van der Waals surface area contributed by atoms with Crippen molar-refractivity contribution in [1.29, 1.82) is 5.26 Å². The predicted octanol–water partition coefficient (Wildman–Crippen LogP) is 6.50. The van der Waals surface area contributed by atoms with E-state index in [1.807, 2.05) is 74.0 Å². The number of aryl methyl sites for hydroxylation is 1. The molecule has 2 aromatic heterocycles. The molecular formula is C32H31N3O2S2. The van der Waals surface area contributed by atoms with Crippen LogP contribution in [0.2, 0.25) is 0 Å². The van der Waals surface area contributed by atoms with Crippen LogP contribution in [0.15, 0.2) is 95.0 Å². The first-order valence-electron chi connectivity index (χ1n) is 12.4. The quantitative estimate of drug-likeness (QED) is 0.207. The molecule has 0 spiro atoms. The van der Waals surface area contributed by atoms with Crippen LogP contribution < -0.4 is 0 Å². The van der Waals surface area contributed by atoms with E-state index < -0.39 is 0 Å². The standard InChI is InChI=1S/C16H14N2OS.C16H17NOS/c1-20-16-6-3-12(4-7-16)8-15(19)9-14-5-2-13(10-17)11-18-14;1-12-3-4-14(11-17-12)10-15(18)9-13-5-7-16(19-2)8-6-13/h2-7,11H,8-9H2,1H3;3-8,11H,9-10H2,1-2H3. The van der Waals surface area contributed by atoms with Crippen LogP contribution in [0.25, 0.3) is 0 Å². The first kappa shape index (κ1) is 29.8. The maximum Gasteiger partial charge on any atom is 0.143 e. The molecule has 0 bridgehead atoms. The second kappa shape index (κ2) is 15.6. The van der Waals surface area contributed by atoms with Gasteiger partial charge in [0, 0.05) is 59.3 Å². The number of Topliss-reactive ketones (excluding diaryl/α,β-unsaturated/α-hetero) is 2. The van der Waals surface area contributed by atoms with Crippen molar-refractivity contribution in [2.75, 3.05) is 12.5 Å². The van der Waals surface area contributed by atoms with Crippen molar-refractivity contribution in [3.05, 3.63) is 119 Å². The normalized spacial score (nSPS) is 10.2. The molecule has 2 aromatic carbocycles. The molecule has 7 heteroatoms. The molecule has 0 radical (unpaired) electrons. The van der Waals surface area contributed by atoms with Crippen molar-refractivity contribution < 1.29 is 9.59 Å². The van der Waals surface area contributed by atoms with Crippen molar-refractivity contribution in [3.63, 3.8) is 0 Å². The number of carbonyl (C=O) groups excluding carboxylic acids is 2. The molecule has 0 aliphatic rings. The second-order valence-corrected chi connectivity index (χ2v) is 10.7. The predicted molar refractivity (Wildman–Crippen MR) is 159 cm³/mol.